The van der Waals surface area contributed by atoms with Crippen molar-refractivity contribution in [2.24, 2.45) is 7.05 Å². The predicted octanol–water partition coefficient (Wildman–Crippen LogP) is 4.16. The zero-order chi connectivity index (χ0) is 23.7. The van der Waals surface area contributed by atoms with E-state index in [9.17, 15) is 18.7 Å². The molecule has 0 fully saturated rings. The van der Waals surface area contributed by atoms with E-state index in [1.54, 1.807) is 24.2 Å². The number of carboxylic acid groups (broad SMARTS) is 1. The number of nitrogens with zero attached hydrogens (tertiary/aromatic N) is 4. The first-order valence-corrected chi connectivity index (χ1v) is 11.1. The second-order valence-electron chi connectivity index (χ2n) is 7.35. The van der Waals surface area contributed by atoms with Crippen LogP contribution >= 0.6 is 11.8 Å². The lowest BCUT2D eigenvalue weighted by atomic mass is 9.95. The number of aromatic nitrogens is 4. The summed E-state index contributed by atoms with van der Waals surface area (Å²) < 4.78 is 29.2. The average Bonchev–Trinajstić information content (AvgIpc) is 3.05. The van der Waals surface area contributed by atoms with Crippen molar-refractivity contribution in [2.45, 2.75) is 17.6 Å². The molecule has 170 valence electrons. The van der Waals surface area contributed by atoms with Crippen LogP contribution in [0.4, 0.5) is 19.4 Å². The number of nitrogens with two attached hydrogens (primary N) is 1. The van der Waals surface area contributed by atoms with Crippen LogP contribution in [-0.2, 0) is 13.5 Å². The molecule has 0 saturated carbocycles. The Balaban J connectivity index is 1.92. The van der Waals surface area contributed by atoms with Gasteiger partial charge in [-0.05, 0) is 36.4 Å². The zero-order valence-electron chi connectivity index (χ0n) is 17.7. The maximum absolute atomic E-state index is 13.8. The summed E-state index contributed by atoms with van der Waals surface area (Å²) in [5.41, 5.74) is 8.66. The molecule has 2 aromatic heterocycles. The number of halogens is 2. The van der Waals surface area contributed by atoms with Crippen molar-refractivity contribution in [3.05, 3.63) is 65.5 Å². The molecule has 0 aliphatic heterocycles. The number of anilines is 1. The number of nitrogens with one attached hydrogen (secondary N) is 1. The Morgan fingerprint density at radius 3 is 2.64 bits per heavy atom. The monoisotopic (exact) mass is 470 g/mol. The van der Waals surface area contributed by atoms with E-state index in [0.717, 1.165) is 17.0 Å². The van der Waals surface area contributed by atoms with Gasteiger partial charge in [-0.2, -0.15) is 5.10 Å². The van der Waals surface area contributed by atoms with E-state index in [4.69, 9.17) is 5.73 Å². The molecule has 0 radical (unpaired) electrons. The van der Waals surface area contributed by atoms with Crippen LogP contribution in [0.2, 0.25) is 0 Å². The number of amides is 1. The summed E-state index contributed by atoms with van der Waals surface area (Å²) in [6.07, 6.45) is 2.08. The number of thioether (sulfide) groups is 1. The Morgan fingerprint density at radius 1 is 1.24 bits per heavy atom. The van der Waals surface area contributed by atoms with E-state index in [0.29, 0.717) is 27.8 Å². The molecule has 33 heavy (non-hydrogen) atoms. The van der Waals surface area contributed by atoms with Crippen molar-refractivity contribution in [3.63, 3.8) is 0 Å². The molecule has 1 atom stereocenters. The normalized spacial score (nSPS) is 12.1. The molecule has 2 aromatic carbocycles. The van der Waals surface area contributed by atoms with Crippen LogP contribution in [0.25, 0.3) is 22.0 Å². The molecule has 8 nitrogen and oxygen atoms in total. The van der Waals surface area contributed by atoms with Gasteiger partial charge in [0.2, 0.25) is 0 Å². The van der Waals surface area contributed by atoms with Crippen molar-refractivity contribution < 1.29 is 18.7 Å². The van der Waals surface area contributed by atoms with Crippen LogP contribution < -0.4 is 11.1 Å². The van der Waals surface area contributed by atoms with Gasteiger partial charge in [-0.25, -0.2) is 23.5 Å². The molecule has 4 aromatic rings. The fourth-order valence-corrected chi connectivity index (χ4v) is 4.21. The van der Waals surface area contributed by atoms with E-state index in [1.807, 2.05) is 18.2 Å². The highest BCUT2D eigenvalue weighted by Crippen LogP contribution is 2.35. The molecule has 1 amide bonds. The highest BCUT2D eigenvalue weighted by atomic mass is 32.2. The largest absolute Gasteiger partial charge is 0.465 e. The molecule has 0 spiro atoms. The van der Waals surface area contributed by atoms with Crippen LogP contribution in [0.15, 0.2) is 47.8 Å². The Hall–Kier alpha value is -3.73. The van der Waals surface area contributed by atoms with E-state index < -0.39 is 23.8 Å². The molecular weight excluding hydrogens is 450 g/mol. The molecule has 1 unspecified atom stereocenters. The van der Waals surface area contributed by atoms with Gasteiger partial charge < -0.3 is 16.2 Å². The Morgan fingerprint density at radius 2 is 1.97 bits per heavy atom. The summed E-state index contributed by atoms with van der Waals surface area (Å²) in [4.78, 5) is 20.6. The first-order valence-electron chi connectivity index (χ1n) is 9.83. The molecule has 2 heterocycles. The highest BCUT2D eigenvalue weighted by molar-refractivity contribution is 7.98. The predicted molar refractivity (Wildman–Crippen MR) is 122 cm³/mol. The van der Waals surface area contributed by atoms with Crippen molar-refractivity contribution in [2.75, 3.05) is 12.0 Å². The summed E-state index contributed by atoms with van der Waals surface area (Å²) in [5.74, 6) is -1.14. The van der Waals surface area contributed by atoms with E-state index in [-0.39, 0.29) is 12.0 Å². The second kappa shape index (κ2) is 9.02. The number of rotatable bonds is 6. The number of benzene rings is 2. The Bertz CT molecular complexity index is 1340. The number of aryl methyl sites for hydroxylation is 1. The first kappa shape index (κ1) is 22.5. The minimum atomic E-state index is -1.30. The summed E-state index contributed by atoms with van der Waals surface area (Å²) >= 11 is 1.29. The van der Waals surface area contributed by atoms with Gasteiger partial charge in [0.25, 0.3) is 0 Å². The average molecular weight is 471 g/mol. The minimum Gasteiger partial charge on any atom is -0.465 e. The lowest BCUT2D eigenvalue weighted by Gasteiger charge is -2.21. The van der Waals surface area contributed by atoms with Gasteiger partial charge in [0, 0.05) is 35.8 Å². The zero-order valence-corrected chi connectivity index (χ0v) is 18.5. The fraction of sp³-hybridized carbons (Fsp3) is 0.182. The lowest BCUT2D eigenvalue weighted by Crippen LogP contribution is -2.30. The van der Waals surface area contributed by atoms with Crippen LogP contribution in [0.3, 0.4) is 0 Å². The summed E-state index contributed by atoms with van der Waals surface area (Å²) in [6, 6.07) is 7.66. The maximum Gasteiger partial charge on any atom is 0.405 e. The van der Waals surface area contributed by atoms with Crippen LogP contribution in [0.1, 0.15) is 17.3 Å². The highest BCUT2D eigenvalue weighted by Gasteiger charge is 2.24. The SMILES string of the molecule is CSc1ncc(-c2cccc3c(N)nn(C)c23)c(C(Cc2cc(F)cc(F)c2)NC(=O)O)n1. The Labute approximate surface area is 191 Å². The summed E-state index contributed by atoms with van der Waals surface area (Å²) in [6.45, 7) is 0. The molecule has 4 rings (SSSR count). The minimum absolute atomic E-state index is 0.0255. The van der Waals surface area contributed by atoms with Gasteiger partial charge in [0.1, 0.15) is 11.6 Å². The third-order valence-corrected chi connectivity index (χ3v) is 5.71. The quantitative estimate of drug-likeness (QED) is 0.286. The van der Waals surface area contributed by atoms with Crippen molar-refractivity contribution in [1.29, 1.82) is 0 Å². The van der Waals surface area contributed by atoms with E-state index in [1.165, 1.54) is 23.9 Å². The Kier molecular flexibility index (Phi) is 6.14. The van der Waals surface area contributed by atoms with Gasteiger partial charge in [-0.15, -0.1) is 0 Å². The van der Waals surface area contributed by atoms with Gasteiger partial charge in [-0.1, -0.05) is 23.9 Å². The van der Waals surface area contributed by atoms with E-state index >= 15 is 0 Å². The fourth-order valence-electron chi connectivity index (χ4n) is 3.86. The molecule has 0 bridgehead atoms. The van der Waals surface area contributed by atoms with Gasteiger partial charge in [0.15, 0.2) is 11.0 Å². The van der Waals surface area contributed by atoms with Crippen molar-refractivity contribution in [3.8, 4) is 11.1 Å². The molecular formula is C22H20F2N6O2S. The van der Waals surface area contributed by atoms with Crippen LogP contribution in [0.5, 0.6) is 0 Å². The first-order chi connectivity index (χ1) is 15.8. The van der Waals surface area contributed by atoms with Gasteiger partial charge in [0.05, 0.1) is 17.3 Å². The molecule has 0 aliphatic rings. The smallest absolute Gasteiger partial charge is 0.405 e. The number of fused-ring (bicyclic) bond motifs is 1. The van der Waals surface area contributed by atoms with Crippen LogP contribution in [-0.4, -0.2) is 37.2 Å². The number of carbonyl (C=O) groups is 1. The molecule has 0 aliphatic carbocycles. The molecule has 11 heteroatoms. The maximum atomic E-state index is 13.8. The van der Waals surface area contributed by atoms with Gasteiger partial charge >= 0.3 is 6.09 Å². The standard InChI is InChI=1S/C22H20F2N6O2S/c1-30-19-14(4-3-5-15(19)20(25)29-30)16-10-26-21(33-2)28-18(16)17(27-22(31)32)8-11-6-12(23)9-13(24)7-11/h3-7,9-10,17,27H,8H2,1-2H3,(H2,25,29)(H,31,32). The summed E-state index contributed by atoms with van der Waals surface area (Å²) in [7, 11) is 1.75. The number of hydrogen-bond donors (Lipinski definition) is 3. The number of hydrogen-bond acceptors (Lipinski definition) is 6. The number of nitrogen functional groups attached to an aromatic ring is 1. The number of para-hydroxylation sites is 1. The van der Waals surface area contributed by atoms with Gasteiger partial charge in [-0.3, -0.25) is 4.68 Å². The van der Waals surface area contributed by atoms with Crippen molar-refractivity contribution in [1.82, 2.24) is 25.1 Å². The molecule has 0 saturated heterocycles. The third kappa shape index (κ3) is 4.58. The molecule has 4 N–H and O–H groups in total. The topological polar surface area (TPSA) is 119 Å². The van der Waals surface area contributed by atoms with Crippen LogP contribution in [0, 0.1) is 11.6 Å². The second-order valence-corrected chi connectivity index (χ2v) is 8.12. The third-order valence-electron chi connectivity index (χ3n) is 5.15. The lowest BCUT2D eigenvalue weighted by molar-refractivity contribution is 0.189. The van der Waals surface area contributed by atoms with Crippen molar-refractivity contribution >= 4 is 34.6 Å². The van der Waals surface area contributed by atoms with E-state index in [2.05, 4.69) is 20.4 Å². The summed E-state index contributed by atoms with van der Waals surface area (Å²) in [5, 5.41) is 17.4.